The Morgan fingerprint density at radius 1 is 1.57 bits per heavy atom. The maximum absolute atomic E-state index is 11.6. The van der Waals surface area contributed by atoms with Crippen LogP contribution in [0.25, 0.3) is 0 Å². The average Bonchev–Trinajstić information content (AvgIpc) is 2.19. The molecule has 0 aromatic carbocycles. The van der Waals surface area contributed by atoms with Gasteiger partial charge in [0.2, 0.25) is 5.91 Å². The van der Waals surface area contributed by atoms with E-state index in [1.54, 1.807) is 0 Å². The van der Waals surface area contributed by atoms with Crippen LogP contribution in [0.2, 0.25) is 0 Å². The van der Waals surface area contributed by atoms with Crippen molar-refractivity contribution in [3.05, 3.63) is 0 Å². The van der Waals surface area contributed by atoms with E-state index in [2.05, 4.69) is 5.43 Å². The molecule has 1 aliphatic rings. The highest BCUT2D eigenvalue weighted by atomic mass is 16.5. The second-order valence-corrected chi connectivity index (χ2v) is 3.55. The van der Waals surface area contributed by atoms with Crippen molar-refractivity contribution in [1.82, 2.24) is 10.4 Å². The van der Waals surface area contributed by atoms with Gasteiger partial charge in [-0.05, 0) is 13.0 Å². The number of ether oxygens (including phenoxy) is 1. The van der Waals surface area contributed by atoms with Crippen molar-refractivity contribution in [3.8, 4) is 0 Å². The van der Waals surface area contributed by atoms with E-state index < -0.39 is 0 Å². The maximum Gasteiger partial charge on any atom is 0.237 e. The van der Waals surface area contributed by atoms with Crippen LogP contribution < -0.4 is 11.2 Å². The molecule has 0 aromatic heterocycles. The van der Waals surface area contributed by atoms with Gasteiger partial charge < -0.3 is 10.5 Å². The predicted molar refractivity (Wildman–Crippen MR) is 53.4 cm³/mol. The number of carbonyl (C=O) groups excluding carboxylic acids is 1. The van der Waals surface area contributed by atoms with Crippen molar-refractivity contribution in [3.63, 3.8) is 0 Å². The molecule has 0 spiro atoms. The van der Waals surface area contributed by atoms with Gasteiger partial charge in [0.05, 0.1) is 13.2 Å². The van der Waals surface area contributed by atoms with Crippen molar-refractivity contribution in [1.29, 1.82) is 0 Å². The van der Waals surface area contributed by atoms with E-state index in [0.29, 0.717) is 19.8 Å². The zero-order valence-corrected chi connectivity index (χ0v) is 8.66. The van der Waals surface area contributed by atoms with Crippen molar-refractivity contribution >= 4 is 5.91 Å². The molecule has 1 heterocycles. The molecule has 0 bridgehead atoms. The number of morpholine rings is 1. The average molecular weight is 201 g/mol. The van der Waals surface area contributed by atoms with E-state index in [-0.39, 0.29) is 11.8 Å². The molecule has 1 saturated heterocycles. The second kappa shape index (κ2) is 5.95. The second-order valence-electron chi connectivity index (χ2n) is 3.55. The molecular weight excluding hydrogens is 182 g/mol. The molecule has 0 saturated carbocycles. The van der Waals surface area contributed by atoms with Gasteiger partial charge in [0.15, 0.2) is 0 Å². The van der Waals surface area contributed by atoms with Gasteiger partial charge in [-0.2, -0.15) is 0 Å². The molecule has 14 heavy (non-hydrogen) atoms. The Morgan fingerprint density at radius 3 is 2.79 bits per heavy atom. The van der Waals surface area contributed by atoms with E-state index in [1.807, 2.05) is 11.9 Å². The summed E-state index contributed by atoms with van der Waals surface area (Å²) in [6.07, 6.45) is 0.732. The van der Waals surface area contributed by atoms with Crippen molar-refractivity contribution in [2.45, 2.75) is 13.3 Å². The molecule has 1 aliphatic heterocycles. The van der Waals surface area contributed by atoms with Crippen molar-refractivity contribution in [2.75, 3.05) is 32.8 Å². The Labute approximate surface area is 84.5 Å². The van der Waals surface area contributed by atoms with E-state index >= 15 is 0 Å². The molecule has 82 valence electrons. The van der Waals surface area contributed by atoms with E-state index in [9.17, 15) is 4.79 Å². The van der Waals surface area contributed by atoms with Crippen LogP contribution in [0.1, 0.15) is 13.3 Å². The first-order chi connectivity index (χ1) is 6.74. The van der Waals surface area contributed by atoms with Gasteiger partial charge in [-0.1, -0.05) is 6.92 Å². The van der Waals surface area contributed by atoms with Gasteiger partial charge in [0.25, 0.3) is 0 Å². The molecule has 1 rings (SSSR count). The van der Waals surface area contributed by atoms with Crippen LogP contribution in [-0.2, 0) is 9.53 Å². The molecule has 0 aliphatic carbocycles. The quantitative estimate of drug-likeness (QED) is 0.633. The number of amides is 1. The number of carbonyl (C=O) groups is 1. The molecule has 0 radical (unpaired) electrons. The van der Waals surface area contributed by atoms with Crippen LogP contribution >= 0.6 is 0 Å². The van der Waals surface area contributed by atoms with E-state index in [4.69, 9.17) is 10.5 Å². The molecule has 3 N–H and O–H groups in total. The highest BCUT2D eigenvalue weighted by Crippen LogP contribution is 2.01. The number of nitrogens with zero attached hydrogens (tertiary/aromatic N) is 1. The summed E-state index contributed by atoms with van der Waals surface area (Å²) in [6, 6.07) is 0. The first-order valence-corrected chi connectivity index (χ1v) is 5.07. The van der Waals surface area contributed by atoms with Crippen LogP contribution in [0.15, 0.2) is 0 Å². The lowest BCUT2D eigenvalue weighted by Gasteiger charge is -2.28. The molecule has 1 unspecified atom stereocenters. The normalized spacial score (nSPS) is 20.4. The Bertz CT molecular complexity index is 181. The number of hydrazine groups is 1. The fourth-order valence-electron chi connectivity index (χ4n) is 1.32. The van der Waals surface area contributed by atoms with Gasteiger partial charge in [-0.25, -0.2) is 5.01 Å². The third kappa shape index (κ3) is 3.61. The maximum atomic E-state index is 11.6. The minimum absolute atomic E-state index is 0.0113. The Kier molecular flexibility index (Phi) is 4.86. The van der Waals surface area contributed by atoms with Crippen LogP contribution in [0, 0.1) is 5.92 Å². The Hall–Kier alpha value is -0.650. The molecule has 1 fully saturated rings. The summed E-state index contributed by atoms with van der Waals surface area (Å²) in [7, 11) is 0. The molecule has 0 aromatic rings. The fraction of sp³-hybridized carbons (Fsp3) is 0.889. The van der Waals surface area contributed by atoms with Crippen LogP contribution in [0.4, 0.5) is 0 Å². The number of hydrogen-bond acceptors (Lipinski definition) is 4. The lowest BCUT2D eigenvalue weighted by atomic mass is 10.1. The lowest BCUT2D eigenvalue weighted by molar-refractivity contribution is -0.131. The smallest absolute Gasteiger partial charge is 0.237 e. The van der Waals surface area contributed by atoms with E-state index in [1.165, 1.54) is 0 Å². The van der Waals surface area contributed by atoms with Crippen LogP contribution in [0.3, 0.4) is 0 Å². The third-order valence-corrected chi connectivity index (χ3v) is 2.33. The van der Waals surface area contributed by atoms with Gasteiger partial charge in [-0.3, -0.25) is 10.2 Å². The Morgan fingerprint density at radius 2 is 2.21 bits per heavy atom. The summed E-state index contributed by atoms with van der Waals surface area (Å²) < 4.78 is 5.18. The number of hydrogen-bond donors (Lipinski definition) is 2. The van der Waals surface area contributed by atoms with Crippen LogP contribution in [-0.4, -0.2) is 43.8 Å². The summed E-state index contributed by atoms with van der Waals surface area (Å²) in [5.41, 5.74) is 8.25. The Balaban J connectivity index is 2.24. The molecule has 1 atom stereocenters. The SMILES string of the molecule is CC(CCN)C(=O)NN1CCOCC1. The van der Waals surface area contributed by atoms with E-state index in [0.717, 1.165) is 19.5 Å². The van der Waals surface area contributed by atoms with Crippen molar-refractivity contribution in [2.24, 2.45) is 11.7 Å². The van der Waals surface area contributed by atoms with Gasteiger partial charge >= 0.3 is 0 Å². The number of rotatable bonds is 4. The topological polar surface area (TPSA) is 67.6 Å². The first kappa shape index (κ1) is 11.4. The van der Waals surface area contributed by atoms with Gasteiger partial charge in [-0.15, -0.1) is 0 Å². The standard InChI is InChI=1S/C9H19N3O2/c1-8(2-3-10)9(13)11-12-4-6-14-7-5-12/h8H,2-7,10H2,1H3,(H,11,13). The molecule has 5 heteroatoms. The zero-order valence-electron chi connectivity index (χ0n) is 8.66. The summed E-state index contributed by atoms with van der Waals surface area (Å²) in [6.45, 7) is 5.35. The van der Waals surface area contributed by atoms with Crippen LogP contribution in [0.5, 0.6) is 0 Å². The third-order valence-electron chi connectivity index (χ3n) is 2.33. The van der Waals surface area contributed by atoms with Gasteiger partial charge in [0.1, 0.15) is 0 Å². The van der Waals surface area contributed by atoms with Gasteiger partial charge in [0, 0.05) is 19.0 Å². The zero-order chi connectivity index (χ0) is 10.4. The first-order valence-electron chi connectivity index (χ1n) is 5.07. The van der Waals surface area contributed by atoms with Crippen molar-refractivity contribution < 1.29 is 9.53 Å². The summed E-state index contributed by atoms with van der Waals surface area (Å²) in [5.74, 6) is 0.0418. The number of nitrogens with two attached hydrogens (primary N) is 1. The monoisotopic (exact) mass is 201 g/mol. The molecule has 5 nitrogen and oxygen atoms in total. The highest BCUT2D eigenvalue weighted by molar-refractivity contribution is 5.77. The summed E-state index contributed by atoms with van der Waals surface area (Å²) in [5, 5.41) is 1.90. The fourth-order valence-corrected chi connectivity index (χ4v) is 1.32. The lowest BCUT2D eigenvalue weighted by Crippen LogP contribution is -2.50. The minimum Gasteiger partial charge on any atom is -0.379 e. The summed E-state index contributed by atoms with van der Waals surface area (Å²) >= 11 is 0. The summed E-state index contributed by atoms with van der Waals surface area (Å²) in [4.78, 5) is 11.6. The molecule has 1 amide bonds. The minimum atomic E-state index is -0.0113. The number of nitrogens with one attached hydrogen (secondary N) is 1. The largest absolute Gasteiger partial charge is 0.379 e. The predicted octanol–water partition coefficient (Wildman–Crippen LogP) is -0.665. The highest BCUT2D eigenvalue weighted by Gasteiger charge is 2.16. The molecular formula is C9H19N3O2.